The van der Waals surface area contributed by atoms with Crippen molar-refractivity contribution in [3.63, 3.8) is 0 Å². The lowest BCUT2D eigenvalue weighted by Gasteiger charge is -2.42. The van der Waals surface area contributed by atoms with Gasteiger partial charge in [0.2, 0.25) is 0 Å². The van der Waals surface area contributed by atoms with Crippen molar-refractivity contribution in [3.05, 3.63) is 34.6 Å². The SMILES string of the molecule is CCCC1CCc2cc(C3CCC4CC(CC)CCC4C3)c(F)cc2C1. The lowest BCUT2D eigenvalue weighted by molar-refractivity contribution is 0.115. The van der Waals surface area contributed by atoms with Gasteiger partial charge in [0, 0.05) is 0 Å². The first kappa shape index (κ1) is 18.5. The molecule has 26 heavy (non-hydrogen) atoms. The van der Waals surface area contributed by atoms with Crippen LogP contribution in [0.1, 0.15) is 101 Å². The van der Waals surface area contributed by atoms with E-state index in [1.807, 2.05) is 6.07 Å². The van der Waals surface area contributed by atoms with Gasteiger partial charge in [0.15, 0.2) is 0 Å². The molecule has 1 heteroatoms. The predicted molar refractivity (Wildman–Crippen MR) is 108 cm³/mol. The maximum atomic E-state index is 15.0. The zero-order chi connectivity index (χ0) is 18.1. The fourth-order valence-electron chi connectivity index (χ4n) is 6.48. The number of hydrogen-bond acceptors (Lipinski definition) is 0. The third-order valence-electron chi connectivity index (χ3n) is 8.09. The molecule has 0 aromatic heterocycles. The van der Waals surface area contributed by atoms with Gasteiger partial charge >= 0.3 is 0 Å². The highest BCUT2D eigenvalue weighted by Crippen LogP contribution is 2.49. The minimum atomic E-state index is 0.103. The van der Waals surface area contributed by atoms with E-state index in [1.54, 1.807) is 0 Å². The van der Waals surface area contributed by atoms with E-state index in [-0.39, 0.29) is 5.82 Å². The van der Waals surface area contributed by atoms with Crippen LogP contribution >= 0.6 is 0 Å². The van der Waals surface area contributed by atoms with Crippen LogP contribution in [-0.4, -0.2) is 0 Å². The molecule has 0 spiro atoms. The number of aryl methyl sites for hydroxylation is 1. The minimum Gasteiger partial charge on any atom is -0.207 e. The summed E-state index contributed by atoms with van der Waals surface area (Å²) in [5, 5.41) is 0. The summed E-state index contributed by atoms with van der Waals surface area (Å²) in [4.78, 5) is 0. The molecule has 0 aliphatic heterocycles. The Balaban J connectivity index is 1.47. The van der Waals surface area contributed by atoms with E-state index in [4.69, 9.17) is 0 Å². The zero-order valence-corrected chi connectivity index (χ0v) is 16.9. The van der Waals surface area contributed by atoms with Crippen LogP contribution in [0.15, 0.2) is 12.1 Å². The van der Waals surface area contributed by atoms with E-state index in [0.717, 1.165) is 35.7 Å². The summed E-state index contributed by atoms with van der Waals surface area (Å²) in [6.45, 7) is 4.62. The average molecular weight is 357 g/mol. The maximum Gasteiger partial charge on any atom is 0.126 e. The molecule has 2 saturated carbocycles. The van der Waals surface area contributed by atoms with Crippen molar-refractivity contribution in [2.75, 3.05) is 0 Å². The summed E-state index contributed by atoms with van der Waals surface area (Å²) in [6, 6.07) is 4.21. The highest BCUT2D eigenvalue weighted by Gasteiger charge is 2.36. The Hall–Kier alpha value is -0.850. The predicted octanol–water partition coefficient (Wildman–Crippen LogP) is 7.44. The normalized spacial score (nSPS) is 34.2. The largest absolute Gasteiger partial charge is 0.207 e. The summed E-state index contributed by atoms with van der Waals surface area (Å²) in [7, 11) is 0. The van der Waals surface area contributed by atoms with Gasteiger partial charge in [0.25, 0.3) is 0 Å². The van der Waals surface area contributed by atoms with Crippen molar-refractivity contribution >= 4 is 0 Å². The molecule has 0 bridgehead atoms. The molecule has 1 aromatic carbocycles. The molecule has 0 saturated heterocycles. The van der Waals surface area contributed by atoms with Crippen molar-refractivity contribution in [1.29, 1.82) is 0 Å². The van der Waals surface area contributed by atoms with Gasteiger partial charge in [-0.1, -0.05) is 45.6 Å². The van der Waals surface area contributed by atoms with E-state index in [1.165, 1.54) is 81.8 Å². The van der Waals surface area contributed by atoms with Gasteiger partial charge in [-0.15, -0.1) is 0 Å². The smallest absolute Gasteiger partial charge is 0.126 e. The molecule has 2 fully saturated rings. The van der Waals surface area contributed by atoms with Crippen LogP contribution in [0.5, 0.6) is 0 Å². The van der Waals surface area contributed by atoms with Crippen LogP contribution in [0.4, 0.5) is 4.39 Å². The van der Waals surface area contributed by atoms with Crippen molar-refractivity contribution in [3.8, 4) is 0 Å². The molecule has 0 nitrogen and oxygen atoms in total. The van der Waals surface area contributed by atoms with Gasteiger partial charge in [0.1, 0.15) is 5.82 Å². The summed E-state index contributed by atoms with van der Waals surface area (Å²) >= 11 is 0. The number of fused-ring (bicyclic) bond motifs is 2. The van der Waals surface area contributed by atoms with Gasteiger partial charge < -0.3 is 0 Å². The molecule has 0 N–H and O–H groups in total. The summed E-state index contributed by atoms with van der Waals surface area (Å²) in [6.07, 6.45) is 15.5. The Morgan fingerprint density at radius 1 is 0.885 bits per heavy atom. The average Bonchev–Trinajstić information content (AvgIpc) is 2.67. The number of hydrogen-bond donors (Lipinski definition) is 0. The summed E-state index contributed by atoms with van der Waals surface area (Å²) in [5.74, 6) is 4.12. The lowest BCUT2D eigenvalue weighted by atomic mass is 9.63. The molecule has 0 heterocycles. The Morgan fingerprint density at radius 2 is 1.69 bits per heavy atom. The Kier molecular flexibility index (Phi) is 5.72. The quantitative estimate of drug-likeness (QED) is 0.526. The van der Waals surface area contributed by atoms with Crippen molar-refractivity contribution in [2.45, 2.75) is 96.8 Å². The molecule has 4 rings (SSSR count). The molecular weight excluding hydrogens is 319 g/mol. The Bertz CT molecular complexity index is 619. The van der Waals surface area contributed by atoms with Crippen molar-refractivity contribution in [1.82, 2.24) is 0 Å². The van der Waals surface area contributed by atoms with Crippen LogP contribution in [0, 0.1) is 29.5 Å². The molecule has 5 atom stereocenters. The van der Waals surface area contributed by atoms with E-state index < -0.39 is 0 Å². The first-order valence-electron chi connectivity index (χ1n) is 11.5. The van der Waals surface area contributed by atoms with Crippen LogP contribution < -0.4 is 0 Å². The van der Waals surface area contributed by atoms with E-state index in [0.29, 0.717) is 5.92 Å². The van der Waals surface area contributed by atoms with Gasteiger partial charge in [-0.25, -0.2) is 4.39 Å². The van der Waals surface area contributed by atoms with E-state index >= 15 is 4.39 Å². The van der Waals surface area contributed by atoms with Crippen LogP contribution in [0.2, 0.25) is 0 Å². The molecular formula is C25H37F. The zero-order valence-electron chi connectivity index (χ0n) is 16.9. The first-order chi connectivity index (χ1) is 12.7. The third kappa shape index (κ3) is 3.73. The van der Waals surface area contributed by atoms with Gasteiger partial charge in [-0.3, -0.25) is 0 Å². The molecule has 0 amide bonds. The summed E-state index contributed by atoms with van der Waals surface area (Å²) < 4.78 is 15.0. The lowest BCUT2D eigenvalue weighted by Crippen LogP contribution is -2.30. The molecule has 3 aliphatic carbocycles. The monoisotopic (exact) mass is 356 g/mol. The van der Waals surface area contributed by atoms with Crippen molar-refractivity contribution < 1.29 is 4.39 Å². The van der Waals surface area contributed by atoms with Crippen LogP contribution in [0.25, 0.3) is 0 Å². The highest BCUT2D eigenvalue weighted by molar-refractivity contribution is 5.37. The first-order valence-corrected chi connectivity index (χ1v) is 11.5. The van der Waals surface area contributed by atoms with Crippen LogP contribution in [0.3, 0.4) is 0 Å². The fraction of sp³-hybridized carbons (Fsp3) is 0.760. The number of halogens is 1. The second kappa shape index (κ2) is 8.03. The molecule has 3 aliphatic rings. The minimum absolute atomic E-state index is 0.103. The van der Waals surface area contributed by atoms with Gasteiger partial charge in [-0.05, 0) is 104 Å². The van der Waals surface area contributed by atoms with E-state index in [2.05, 4.69) is 19.9 Å². The number of rotatable bonds is 4. The Morgan fingerprint density at radius 3 is 2.50 bits per heavy atom. The number of benzene rings is 1. The standard InChI is InChI=1S/C25H37F/c1-3-5-18-7-9-21-15-24(25(26)16-23(21)13-18)22-11-10-19-12-17(4-2)6-8-20(19)14-22/h15-20,22H,3-14H2,1-2H3. The Labute approximate surface area is 160 Å². The van der Waals surface area contributed by atoms with Gasteiger partial charge in [-0.2, -0.15) is 0 Å². The molecule has 0 radical (unpaired) electrons. The fourth-order valence-corrected chi connectivity index (χ4v) is 6.48. The topological polar surface area (TPSA) is 0 Å². The maximum absolute atomic E-state index is 15.0. The second-order valence-corrected chi connectivity index (χ2v) is 9.66. The van der Waals surface area contributed by atoms with Gasteiger partial charge in [0.05, 0.1) is 0 Å². The molecule has 144 valence electrons. The highest BCUT2D eigenvalue weighted by atomic mass is 19.1. The van der Waals surface area contributed by atoms with Crippen molar-refractivity contribution in [2.24, 2.45) is 23.7 Å². The second-order valence-electron chi connectivity index (χ2n) is 9.66. The summed E-state index contributed by atoms with van der Waals surface area (Å²) in [5.41, 5.74) is 3.84. The third-order valence-corrected chi connectivity index (χ3v) is 8.09. The molecule has 1 aromatic rings. The van der Waals surface area contributed by atoms with Crippen LogP contribution in [-0.2, 0) is 12.8 Å². The molecule has 5 unspecified atom stereocenters. The van der Waals surface area contributed by atoms with E-state index in [9.17, 15) is 0 Å².